The lowest BCUT2D eigenvalue weighted by Gasteiger charge is -2.32. The van der Waals surface area contributed by atoms with Crippen LogP contribution in [-0.4, -0.2) is 60.6 Å². The van der Waals surface area contributed by atoms with Crippen LogP contribution in [0.15, 0.2) is 18.2 Å². The van der Waals surface area contributed by atoms with Gasteiger partial charge in [-0.3, -0.25) is 14.4 Å². The minimum Gasteiger partial charge on any atom is -0.466 e. The third kappa shape index (κ3) is 9.11. The molecule has 1 unspecified atom stereocenters. The Morgan fingerprint density at radius 1 is 1.03 bits per heavy atom. The van der Waals surface area contributed by atoms with Gasteiger partial charge in [0, 0.05) is 13.1 Å². The maximum Gasteiger partial charge on any atom is 0.408 e. The van der Waals surface area contributed by atoms with Crippen LogP contribution in [-0.2, 0) is 23.9 Å². The van der Waals surface area contributed by atoms with E-state index >= 15 is 0 Å². The van der Waals surface area contributed by atoms with Crippen molar-refractivity contribution < 1.29 is 28.7 Å². The second kappa shape index (κ2) is 12.8. The smallest absolute Gasteiger partial charge is 0.408 e. The van der Waals surface area contributed by atoms with Crippen LogP contribution in [0, 0.1) is 13.8 Å². The van der Waals surface area contributed by atoms with Gasteiger partial charge in [0.25, 0.3) is 0 Å². The first-order valence-corrected chi connectivity index (χ1v) is 11.2. The Morgan fingerprint density at radius 2 is 1.64 bits per heavy atom. The molecule has 0 aromatic heterocycles. The summed E-state index contributed by atoms with van der Waals surface area (Å²) >= 11 is 0. The predicted molar refractivity (Wildman–Crippen MR) is 125 cm³/mol. The molecule has 0 aliphatic rings. The van der Waals surface area contributed by atoms with E-state index in [0.717, 1.165) is 11.1 Å². The van der Waals surface area contributed by atoms with Crippen molar-refractivity contribution >= 4 is 23.9 Å². The Balaban J connectivity index is 3.10. The molecule has 0 radical (unpaired) electrons. The highest BCUT2D eigenvalue weighted by Crippen LogP contribution is 2.27. The topological polar surface area (TPSA) is 114 Å². The summed E-state index contributed by atoms with van der Waals surface area (Å²) < 4.78 is 10.1. The second-order valence-electron chi connectivity index (χ2n) is 8.59. The quantitative estimate of drug-likeness (QED) is 0.516. The molecule has 1 aromatic rings. The van der Waals surface area contributed by atoms with Crippen LogP contribution in [0.5, 0.6) is 0 Å². The van der Waals surface area contributed by atoms with Crippen LogP contribution in [0.4, 0.5) is 4.79 Å². The number of benzene rings is 1. The number of hydrogen-bond acceptors (Lipinski definition) is 6. The Hall–Kier alpha value is -3.10. The molecule has 9 nitrogen and oxygen atoms in total. The van der Waals surface area contributed by atoms with Crippen LogP contribution in [0.3, 0.4) is 0 Å². The van der Waals surface area contributed by atoms with Gasteiger partial charge in [-0.15, -0.1) is 0 Å². The largest absolute Gasteiger partial charge is 0.466 e. The highest BCUT2D eigenvalue weighted by Gasteiger charge is 2.32. The number of nitrogens with one attached hydrogen (secondary N) is 2. The van der Waals surface area contributed by atoms with E-state index in [1.807, 2.05) is 32.0 Å². The number of carbonyl (C=O) groups is 4. The summed E-state index contributed by atoms with van der Waals surface area (Å²) in [5.41, 5.74) is 1.72. The lowest BCUT2D eigenvalue weighted by molar-refractivity contribution is -0.143. The number of hydrogen-bond donors (Lipinski definition) is 2. The molecular weight excluding hydrogens is 426 g/mol. The van der Waals surface area contributed by atoms with E-state index < -0.39 is 35.5 Å². The lowest BCUT2D eigenvalue weighted by atomic mass is 9.94. The van der Waals surface area contributed by atoms with Crippen molar-refractivity contribution in [2.45, 2.75) is 66.5 Å². The van der Waals surface area contributed by atoms with E-state index in [-0.39, 0.29) is 32.7 Å². The second-order valence-corrected chi connectivity index (χ2v) is 8.59. The molecule has 1 aromatic carbocycles. The minimum absolute atomic E-state index is 0.0271. The van der Waals surface area contributed by atoms with Crippen molar-refractivity contribution in [3.8, 4) is 0 Å². The Kier molecular flexibility index (Phi) is 10.8. The van der Waals surface area contributed by atoms with Crippen molar-refractivity contribution in [3.05, 3.63) is 34.9 Å². The highest BCUT2D eigenvalue weighted by atomic mass is 16.6. The van der Waals surface area contributed by atoms with Gasteiger partial charge in [0.2, 0.25) is 11.8 Å². The van der Waals surface area contributed by atoms with Gasteiger partial charge in [-0.05, 0) is 65.2 Å². The summed E-state index contributed by atoms with van der Waals surface area (Å²) in [5.74, 6) is -1.26. The van der Waals surface area contributed by atoms with Crippen molar-refractivity contribution in [2.24, 2.45) is 0 Å². The number of alkyl carbamates (subject to hydrolysis) is 1. The van der Waals surface area contributed by atoms with Crippen LogP contribution in [0.1, 0.15) is 63.8 Å². The summed E-state index contributed by atoms with van der Waals surface area (Å²) in [6, 6.07) is 4.70. The first-order chi connectivity index (χ1) is 15.4. The van der Waals surface area contributed by atoms with E-state index in [1.165, 1.54) is 4.90 Å². The maximum atomic E-state index is 13.2. The van der Waals surface area contributed by atoms with Gasteiger partial charge in [0.05, 0.1) is 13.0 Å². The van der Waals surface area contributed by atoms with Gasteiger partial charge in [0.1, 0.15) is 18.2 Å². The zero-order chi connectivity index (χ0) is 25.2. The summed E-state index contributed by atoms with van der Waals surface area (Å²) in [5, 5.41) is 5.20. The Bertz CT molecular complexity index is 827. The average Bonchev–Trinajstić information content (AvgIpc) is 2.70. The zero-order valence-corrected chi connectivity index (χ0v) is 20.7. The lowest BCUT2D eigenvalue weighted by Crippen LogP contribution is -2.48. The summed E-state index contributed by atoms with van der Waals surface area (Å²) in [4.78, 5) is 51.3. The predicted octanol–water partition coefficient (Wildman–Crippen LogP) is 2.79. The molecule has 9 heteroatoms. The zero-order valence-electron chi connectivity index (χ0n) is 20.7. The summed E-state index contributed by atoms with van der Waals surface area (Å²) in [6.45, 7) is 12.7. The van der Waals surface area contributed by atoms with E-state index in [9.17, 15) is 19.2 Å². The van der Waals surface area contributed by atoms with E-state index in [0.29, 0.717) is 5.56 Å². The van der Waals surface area contributed by atoms with E-state index in [4.69, 9.17) is 9.47 Å². The number of ether oxygens (including phenoxy) is 2. The maximum absolute atomic E-state index is 13.2. The van der Waals surface area contributed by atoms with E-state index in [2.05, 4.69) is 10.6 Å². The van der Waals surface area contributed by atoms with Gasteiger partial charge in [-0.25, -0.2) is 4.79 Å². The fourth-order valence-electron chi connectivity index (χ4n) is 3.37. The normalized spacial score (nSPS) is 11.8. The molecule has 0 aliphatic heterocycles. The number of esters is 1. The average molecular weight is 464 g/mol. The fraction of sp³-hybridized carbons (Fsp3) is 0.583. The van der Waals surface area contributed by atoms with Gasteiger partial charge in [-0.1, -0.05) is 18.2 Å². The molecule has 0 saturated heterocycles. The van der Waals surface area contributed by atoms with Crippen molar-refractivity contribution in [1.29, 1.82) is 0 Å². The Morgan fingerprint density at radius 3 is 2.15 bits per heavy atom. The van der Waals surface area contributed by atoms with Gasteiger partial charge in [-0.2, -0.15) is 0 Å². The van der Waals surface area contributed by atoms with Gasteiger partial charge >= 0.3 is 12.1 Å². The van der Waals surface area contributed by atoms with Crippen LogP contribution < -0.4 is 10.6 Å². The molecule has 1 rings (SSSR count). The highest BCUT2D eigenvalue weighted by molar-refractivity contribution is 5.91. The molecule has 1 atom stereocenters. The van der Waals surface area contributed by atoms with Crippen molar-refractivity contribution in [3.63, 3.8) is 0 Å². The van der Waals surface area contributed by atoms with Gasteiger partial charge in [0.15, 0.2) is 0 Å². The van der Waals surface area contributed by atoms with Crippen LogP contribution in [0.25, 0.3) is 0 Å². The van der Waals surface area contributed by atoms with Crippen LogP contribution >= 0.6 is 0 Å². The van der Waals surface area contributed by atoms with Crippen molar-refractivity contribution in [2.75, 3.05) is 26.2 Å². The van der Waals surface area contributed by atoms with E-state index in [1.54, 1.807) is 34.6 Å². The molecular formula is C24H37N3O6. The first kappa shape index (κ1) is 27.9. The van der Waals surface area contributed by atoms with Crippen molar-refractivity contribution in [1.82, 2.24) is 15.5 Å². The Labute approximate surface area is 196 Å². The first-order valence-electron chi connectivity index (χ1n) is 11.2. The molecule has 0 saturated carbocycles. The molecule has 2 N–H and O–H groups in total. The molecule has 184 valence electrons. The standard InChI is InChI=1S/C24H37N3O6/c1-8-27(18(28)15-26-23(31)33-24(5,6)7)21(20-16(3)11-10-12-17(20)4)22(30)25-14-13-19(29)32-9-2/h10-12,21H,8-9,13-15H2,1-7H3,(H,25,30)(H,26,31). The minimum atomic E-state index is -0.925. The third-order valence-corrected chi connectivity index (χ3v) is 4.75. The summed E-state index contributed by atoms with van der Waals surface area (Å²) in [6.07, 6.45) is -0.686. The molecule has 3 amide bonds. The molecule has 0 spiro atoms. The monoisotopic (exact) mass is 463 g/mol. The summed E-state index contributed by atoms with van der Waals surface area (Å²) in [7, 11) is 0. The number of rotatable bonds is 10. The molecule has 0 aliphatic carbocycles. The SMILES string of the molecule is CCOC(=O)CCNC(=O)C(c1c(C)cccc1C)N(CC)C(=O)CNC(=O)OC(C)(C)C. The molecule has 0 fully saturated rings. The number of likely N-dealkylation sites (N-methyl/N-ethyl adjacent to an activating group) is 1. The number of amides is 3. The number of carbonyl (C=O) groups excluding carboxylic acids is 4. The molecule has 0 heterocycles. The number of nitrogens with zero attached hydrogens (tertiary/aromatic N) is 1. The fourth-order valence-corrected chi connectivity index (χ4v) is 3.37. The third-order valence-electron chi connectivity index (χ3n) is 4.75. The molecule has 33 heavy (non-hydrogen) atoms. The van der Waals surface area contributed by atoms with Crippen LogP contribution in [0.2, 0.25) is 0 Å². The van der Waals surface area contributed by atoms with Gasteiger partial charge < -0.3 is 25.0 Å². The molecule has 0 bridgehead atoms. The number of aryl methyl sites for hydroxylation is 2.